The molecule has 1 fully saturated rings. The van der Waals surface area contributed by atoms with E-state index in [-0.39, 0.29) is 31.2 Å². The monoisotopic (exact) mass is 493 g/mol. The first kappa shape index (κ1) is 27.4. The van der Waals surface area contributed by atoms with Gasteiger partial charge in [0.05, 0.1) is 17.2 Å². The first-order chi connectivity index (χ1) is 16.9. The Hall–Kier alpha value is -3.17. The number of carbonyl (C=O) groups excluding carboxylic acids is 3. The summed E-state index contributed by atoms with van der Waals surface area (Å²) in [5.74, 6) is -1.29. The Morgan fingerprint density at radius 2 is 1.39 bits per heavy atom. The summed E-state index contributed by atoms with van der Waals surface area (Å²) in [5, 5.41) is 5.53. The van der Waals surface area contributed by atoms with Gasteiger partial charge in [-0.05, 0) is 51.2 Å². The van der Waals surface area contributed by atoms with Crippen molar-refractivity contribution in [2.45, 2.75) is 77.2 Å². The molecule has 0 saturated carbocycles. The molecule has 3 rings (SSSR count). The van der Waals surface area contributed by atoms with E-state index < -0.39 is 36.2 Å². The van der Waals surface area contributed by atoms with Crippen molar-refractivity contribution in [1.29, 1.82) is 0 Å². The third-order valence-corrected chi connectivity index (χ3v) is 6.88. The highest BCUT2D eigenvalue weighted by atomic mass is 16.7. The number of benzene rings is 2. The van der Waals surface area contributed by atoms with Crippen molar-refractivity contribution in [3.8, 4) is 0 Å². The van der Waals surface area contributed by atoms with E-state index in [2.05, 4.69) is 10.6 Å². The normalized spacial score (nSPS) is 17.8. The molecule has 0 spiro atoms. The Kier molecular flexibility index (Phi) is 8.58. The molecule has 2 atom stereocenters. The fourth-order valence-corrected chi connectivity index (χ4v) is 3.88. The van der Waals surface area contributed by atoms with Crippen LogP contribution in [0.25, 0.3) is 0 Å². The van der Waals surface area contributed by atoms with E-state index in [9.17, 15) is 14.4 Å². The molecule has 9 heteroatoms. The summed E-state index contributed by atoms with van der Waals surface area (Å²) in [6.07, 6.45) is 0.206. The summed E-state index contributed by atoms with van der Waals surface area (Å²) in [4.78, 5) is 36.7. The van der Waals surface area contributed by atoms with Crippen molar-refractivity contribution >= 4 is 30.3 Å². The van der Waals surface area contributed by atoms with E-state index in [4.69, 9.17) is 15.0 Å². The fourth-order valence-electron chi connectivity index (χ4n) is 3.88. The highest BCUT2D eigenvalue weighted by molar-refractivity contribution is 6.62. The van der Waals surface area contributed by atoms with Crippen molar-refractivity contribution in [1.82, 2.24) is 10.6 Å². The zero-order valence-electron chi connectivity index (χ0n) is 21.7. The molecule has 0 aromatic heterocycles. The number of hydrogen-bond acceptors (Lipinski definition) is 5. The fraction of sp³-hybridized carbons (Fsp3) is 0.444. The standard InChI is InChI=1S/C27H36BN3O5/c1-18(20-9-7-6-8-10-20)30-23(32)15-16-24(33)31-22(25(29)34)17-19-11-13-21(14-12-19)28-35-26(2,3)27(4,5)36-28/h6-14,18,22H,15-17H2,1-5H3,(H2,29,34)(H,30,32)(H,31,33)/t18-,22+/m1/s1. The summed E-state index contributed by atoms with van der Waals surface area (Å²) in [6.45, 7) is 9.86. The van der Waals surface area contributed by atoms with Crippen molar-refractivity contribution < 1.29 is 23.7 Å². The van der Waals surface area contributed by atoms with Crippen LogP contribution in [0.5, 0.6) is 0 Å². The summed E-state index contributed by atoms with van der Waals surface area (Å²) in [6, 6.07) is 16.0. The highest BCUT2D eigenvalue weighted by Gasteiger charge is 2.51. The largest absolute Gasteiger partial charge is 0.494 e. The Labute approximate surface area is 213 Å². The zero-order valence-corrected chi connectivity index (χ0v) is 21.7. The maximum atomic E-state index is 12.4. The van der Waals surface area contributed by atoms with Crippen molar-refractivity contribution in [2.24, 2.45) is 5.73 Å². The van der Waals surface area contributed by atoms with Crippen LogP contribution in [0.15, 0.2) is 54.6 Å². The molecule has 0 bridgehead atoms. The third kappa shape index (κ3) is 6.95. The van der Waals surface area contributed by atoms with Gasteiger partial charge in [-0.15, -0.1) is 0 Å². The lowest BCUT2D eigenvalue weighted by molar-refractivity contribution is -0.129. The predicted octanol–water partition coefficient (Wildman–Crippen LogP) is 2.16. The summed E-state index contributed by atoms with van der Waals surface area (Å²) >= 11 is 0. The van der Waals surface area contributed by atoms with E-state index >= 15 is 0 Å². The lowest BCUT2D eigenvalue weighted by atomic mass is 9.78. The summed E-state index contributed by atoms with van der Waals surface area (Å²) < 4.78 is 12.1. The van der Waals surface area contributed by atoms with Crippen LogP contribution in [0.3, 0.4) is 0 Å². The minimum absolute atomic E-state index is 0.0112. The number of carbonyl (C=O) groups is 3. The molecule has 0 radical (unpaired) electrons. The third-order valence-electron chi connectivity index (χ3n) is 6.88. The number of hydrogen-bond donors (Lipinski definition) is 3. The van der Waals surface area contributed by atoms with Gasteiger partial charge in [-0.25, -0.2) is 0 Å². The molecule has 8 nitrogen and oxygen atoms in total. The Morgan fingerprint density at radius 3 is 1.92 bits per heavy atom. The summed E-state index contributed by atoms with van der Waals surface area (Å²) in [7, 11) is -0.480. The maximum Gasteiger partial charge on any atom is 0.494 e. The Bertz CT molecular complexity index is 1060. The molecule has 1 aliphatic rings. The van der Waals surface area contributed by atoms with E-state index in [0.29, 0.717) is 0 Å². The molecule has 1 heterocycles. The molecular formula is C27H36BN3O5. The highest BCUT2D eigenvalue weighted by Crippen LogP contribution is 2.36. The van der Waals surface area contributed by atoms with Gasteiger partial charge in [0.1, 0.15) is 6.04 Å². The lowest BCUT2D eigenvalue weighted by Gasteiger charge is -2.32. The van der Waals surface area contributed by atoms with E-state index in [1.165, 1.54) is 0 Å². The van der Waals surface area contributed by atoms with Crippen molar-refractivity contribution in [3.05, 3.63) is 65.7 Å². The van der Waals surface area contributed by atoms with Gasteiger partial charge in [0.25, 0.3) is 0 Å². The molecule has 3 amide bonds. The number of rotatable bonds is 10. The maximum absolute atomic E-state index is 12.4. The SMILES string of the molecule is C[C@@H](NC(=O)CCC(=O)N[C@@H](Cc1ccc(B2OC(C)(C)C(C)(C)O2)cc1)C(N)=O)c1ccccc1. The first-order valence-corrected chi connectivity index (χ1v) is 12.3. The van der Waals surface area contributed by atoms with E-state index in [1.807, 2.05) is 89.2 Å². The number of nitrogens with two attached hydrogens (primary N) is 1. The minimum Gasteiger partial charge on any atom is -0.399 e. The first-order valence-electron chi connectivity index (χ1n) is 12.3. The molecular weight excluding hydrogens is 457 g/mol. The van der Waals surface area contributed by atoms with Crippen LogP contribution in [0, 0.1) is 0 Å². The Balaban J connectivity index is 1.50. The van der Waals surface area contributed by atoms with Gasteiger partial charge in [0.2, 0.25) is 17.7 Å². The van der Waals surface area contributed by atoms with Gasteiger partial charge < -0.3 is 25.7 Å². The van der Waals surface area contributed by atoms with Crippen molar-refractivity contribution in [2.75, 3.05) is 0 Å². The smallest absolute Gasteiger partial charge is 0.399 e. The summed E-state index contributed by atoms with van der Waals surface area (Å²) in [5.41, 5.74) is 7.34. The van der Waals surface area contributed by atoms with E-state index in [1.54, 1.807) is 0 Å². The molecule has 0 unspecified atom stereocenters. The molecule has 4 N–H and O–H groups in total. The van der Waals surface area contributed by atoms with Gasteiger partial charge in [0.15, 0.2) is 0 Å². The van der Waals surface area contributed by atoms with E-state index in [0.717, 1.165) is 16.6 Å². The predicted molar refractivity (Wildman–Crippen MR) is 139 cm³/mol. The molecule has 2 aromatic carbocycles. The zero-order chi connectivity index (χ0) is 26.5. The topological polar surface area (TPSA) is 120 Å². The molecule has 36 heavy (non-hydrogen) atoms. The average Bonchev–Trinajstić information content (AvgIpc) is 3.05. The number of primary amides is 1. The second kappa shape index (κ2) is 11.3. The molecule has 192 valence electrons. The lowest BCUT2D eigenvalue weighted by Crippen LogP contribution is -2.46. The quantitative estimate of drug-likeness (QED) is 0.439. The second-order valence-corrected chi connectivity index (χ2v) is 10.3. The van der Waals surface area contributed by atoms with Gasteiger partial charge in [0, 0.05) is 19.3 Å². The van der Waals surface area contributed by atoms with Crippen LogP contribution in [-0.2, 0) is 30.1 Å². The number of nitrogens with one attached hydrogen (secondary N) is 2. The molecule has 1 aliphatic heterocycles. The molecule has 0 aliphatic carbocycles. The second-order valence-electron chi connectivity index (χ2n) is 10.3. The van der Waals surface area contributed by atoms with Crippen LogP contribution >= 0.6 is 0 Å². The van der Waals surface area contributed by atoms with Crippen molar-refractivity contribution in [3.63, 3.8) is 0 Å². The van der Waals surface area contributed by atoms with Crippen LogP contribution in [0.4, 0.5) is 0 Å². The van der Waals surface area contributed by atoms with Gasteiger partial charge in [-0.1, -0.05) is 54.6 Å². The minimum atomic E-state index is -0.883. The average molecular weight is 493 g/mol. The van der Waals surface area contributed by atoms with Crippen LogP contribution in [0.2, 0.25) is 0 Å². The van der Waals surface area contributed by atoms with Gasteiger partial charge >= 0.3 is 7.12 Å². The molecule has 1 saturated heterocycles. The van der Waals surface area contributed by atoms with Crippen LogP contribution in [-0.4, -0.2) is 42.1 Å². The number of amides is 3. The Morgan fingerprint density at radius 1 is 0.861 bits per heavy atom. The molecule has 2 aromatic rings. The van der Waals surface area contributed by atoms with Crippen LogP contribution < -0.4 is 21.8 Å². The van der Waals surface area contributed by atoms with Gasteiger partial charge in [-0.3, -0.25) is 14.4 Å². The van der Waals surface area contributed by atoms with Crippen LogP contribution in [0.1, 0.15) is 64.6 Å². The van der Waals surface area contributed by atoms with Gasteiger partial charge in [-0.2, -0.15) is 0 Å².